The van der Waals surface area contributed by atoms with E-state index in [4.69, 9.17) is 10.3 Å². The van der Waals surface area contributed by atoms with Crippen molar-refractivity contribution < 1.29 is 9.32 Å². The third kappa shape index (κ3) is 3.30. The van der Waals surface area contributed by atoms with E-state index in [9.17, 15) is 4.79 Å². The van der Waals surface area contributed by atoms with Crippen LogP contribution in [0.1, 0.15) is 37.8 Å². The lowest BCUT2D eigenvalue weighted by Gasteiger charge is -2.25. The number of rotatable bonds is 3. The van der Waals surface area contributed by atoms with Crippen molar-refractivity contribution in [1.82, 2.24) is 10.5 Å². The lowest BCUT2D eigenvalue weighted by molar-refractivity contribution is -0.124. The van der Waals surface area contributed by atoms with Crippen molar-refractivity contribution in [1.29, 1.82) is 0 Å². The van der Waals surface area contributed by atoms with E-state index in [0.717, 1.165) is 17.0 Å². The van der Waals surface area contributed by atoms with Crippen LogP contribution in [0.3, 0.4) is 0 Å². The van der Waals surface area contributed by atoms with Crippen LogP contribution >= 0.6 is 0 Å². The topological polar surface area (TPSA) is 81.2 Å². The molecule has 96 valence electrons. The van der Waals surface area contributed by atoms with E-state index in [1.165, 1.54) is 0 Å². The van der Waals surface area contributed by atoms with Gasteiger partial charge in [-0.05, 0) is 19.3 Å². The highest BCUT2D eigenvalue weighted by atomic mass is 16.5. The smallest absolute Gasteiger partial charge is 0.237 e. The molecule has 1 amide bonds. The lowest BCUT2D eigenvalue weighted by Crippen LogP contribution is -2.48. The standard InChI is InChI=1S/C12H21N3O2/c1-7-9(8(2)17-15-7)6-14-11(16)10(13)12(3,4)5/h10H,6,13H2,1-5H3,(H,14,16)/t10-/m0/s1. The van der Waals surface area contributed by atoms with Gasteiger partial charge in [-0.25, -0.2) is 0 Å². The van der Waals surface area contributed by atoms with Crippen molar-refractivity contribution in [2.45, 2.75) is 47.2 Å². The highest BCUT2D eigenvalue weighted by Gasteiger charge is 2.27. The molecule has 0 aliphatic heterocycles. The van der Waals surface area contributed by atoms with Gasteiger partial charge in [0.2, 0.25) is 5.91 Å². The van der Waals surface area contributed by atoms with Crippen LogP contribution < -0.4 is 11.1 Å². The Labute approximate surface area is 102 Å². The summed E-state index contributed by atoms with van der Waals surface area (Å²) in [5.74, 6) is 0.574. The van der Waals surface area contributed by atoms with E-state index >= 15 is 0 Å². The Morgan fingerprint density at radius 3 is 2.47 bits per heavy atom. The van der Waals surface area contributed by atoms with Gasteiger partial charge in [-0.1, -0.05) is 25.9 Å². The summed E-state index contributed by atoms with van der Waals surface area (Å²) in [5, 5.41) is 6.64. The van der Waals surface area contributed by atoms with Crippen LogP contribution in [0.5, 0.6) is 0 Å². The highest BCUT2D eigenvalue weighted by Crippen LogP contribution is 2.17. The number of nitrogens with zero attached hydrogens (tertiary/aromatic N) is 1. The molecule has 1 rings (SSSR count). The molecule has 0 spiro atoms. The van der Waals surface area contributed by atoms with Crippen LogP contribution in [0.2, 0.25) is 0 Å². The second kappa shape index (κ2) is 4.87. The Morgan fingerprint density at radius 1 is 1.47 bits per heavy atom. The first kappa shape index (κ1) is 13.7. The summed E-state index contributed by atoms with van der Waals surface area (Å²) in [6, 6.07) is -0.525. The van der Waals surface area contributed by atoms with Crippen molar-refractivity contribution in [2.75, 3.05) is 0 Å². The van der Waals surface area contributed by atoms with Crippen LogP contribution in [0.25, 0.3) is 0 Å². The Balaban J connectivity index is 2.61. The number of nitrogens with two attached hydrogens (primary N) is 1. The van der Waals surface area contributed by atoms with Gasteiger partial charge in [-0.15, -0.1) is 0 Å². The monoisotopic (exact) mass is 239 g/mol. The van der Waals surface area contributed by atoms with Crippen LogP contribution in [0, 0.1) is 19.3 Å². The number of hydrogen-bond donors (Lipinski definition) is 2. The molecule has 5 nitrogen and oxygen atoms in total. The fraction of sp³-hybridized carbons (Fsp3) is 0.667. The number of aryl methyl sites for hydroxylation is 2. The molecule has 0 aliphatic carbocycles. The average Bonchev–Trinajstić information content (AvgIpc) is 2.53. The number of amides is 1. The number of carbonyl (C=O) groups is 1. The summed E-state index contributed by atoms with van der Waals surface area (Å²) >= 11 is 0. The summed E-state index contributed by atoms with van der Waals surface area (Å²) in [6.45, 7) is 9.89. The van der Waals surface area contributed by atoms with Gasteiger partial charge in [0.15, 0.2) is 0 Å². The zero-order valence-electron chi connectivity index (χ0n) is 11.1. The SMILES string of the molecule is Cc1noc(C)c1CNC(=O)[C@H](N)C(C)(C)C. The molecule has 0 bridgehead atoms. The highest BCUT2D eigenvalue weighted by molar-refractivity contribution is 5.82. The van der Waals surface area contributed by atoms with E-state index in [-0.39, 0.29) is 11.3 Å². The molecular formula is C12H21N3O2. The zero-order chi connectivity index (χ0) is 13.2. The van der Waals surface area contributed by atoms with Gasteiger partial charge in [0.25, 0.3) is 0 Å². The maximum atomic E-state index is 11.8. The van der Waals surface area contributed by atoms with Crippen molar-refractivity contribution in [3.8, 4) is 0 Å². The molecule has 1 aromatic heterocycles. The minimum atomic E-state index is -0.525. The van der Waals surface area contributed by atoms with Gasteiger partial charge >= 0.3 is 0 Å². The number of aromatic nitrogens is 1. The summed E-state index contributed by atoms with van der Waals surface area (Å²) in [7, 11) is 0. The van der Waals surface area contributed by atoms with Gasteiger partial charge in [0, 0.05) is 12.1 Å². The van der Waals surface area contributed by atoms with E-state index in [1.807, 2.05) is 34.6 Å². The summed E-state index contributed by atoms with van der Waals surface area (Å²) in [6.07, 6.45) is 0. The minimum Gasteiger partial charge on any atom is -0.361 e. The molecule has 0 fully saturated rings. The molecule has 0 saturated carbocycles. The van der Waals surface area contributed by atoms with Crippen molar-refractivity contribution >= 4 is 5.91 Å². The molecular weight excluding hydrogens is 218 g/mol. The third-order valence-electron chi connectivity index (χ3n) is 2.84. The molecule has 3 N–H and O–H groups in total. The van der Waals surface area contributed by atoms with Gasteiger partial charge in [-0.2, -0.15) is 0 Å². The number of hydrogen-bond acceptors (Lipinski definition) is 4. The molecule has 0 saturated heterocycles. The third-order valence-corrected chi connectivity index (χ3v) is 2.84. The molecule has 0 aromatic carbocycles. The summed E-state index contributed by atoms with van der Waals surface area (Å²) in [5.41, 5.74) is 7.33. The fourth-order valence-corrected chi connectivity index (χ4v) is 1.43. The molecule has 1 aromatic rings. The van der Waals surface area contributed by atoms with E-state index < -0.39 is 6.04 Å². The quantitative estimate of drug-likeness (QED) is 0.832. The Hall–Kier alpha value is -1.36. The molecule has 17 heavy (non-hydrogen) atoms. The van der Waals surface area contributed by atoms with E-state index in [1.54, 1.807) is 0 Å². The predicted octanol–water partition coefficient (Wildman–Crippen LogP) is 1.28. The number of nitrogens with one attached hydrogen (secondary N) is 1. The van der Waals surface area contributed by atoms with E-state index in [2.05, 4.69) is 10.5 Å². The maximum Gasteiger partial charge on any atom is 0.237 e. The van der Waals surface area contributed by atoms with Crippen LogP contribution in [-0.2, 0) is 11.3 Å². The van der Waals surface area contributed by atoms with Gasteiger partial charge in [0.05, 0.1) is 11.7 Å². The first-order valence-corrected chi connectivity index (χ1v) is 5.68. The van der Waals surface area contributed by atoms with Crippen molar-refractivity contribution in [2.24, 2.45) is 11.1 Å². The van der Waals surface area contributed by atoms with Crippen LogP contribution in [0.4, 0.5) is 0 Å². The Morgan fingerprint density at radius 2 is 2.06 bits per heavy atom. The predicted molar refractivity (Wildman–Crippen MR) is 65.3 cm³/mol. The summed E-state index contributed by atoms with van der Waals surface area (Å²) in [4.78, 5) is 11.8. The Kier molecular flexibility index (Phi) is 3.93. The lowest BCUT2D eigenvalue weighted by atomic mass is 9.87. The second-order valence-corrected chi connectivity index (χ2v) is 5.36. The molecule has 0 aliphatic rings. The second-order valence-electron chi connectivity index (χ2n) is 5.36. The zero-order valence-corrected chi connectivity index (χ0v) is 11.1. The van der Waals surface area contributed by atoms with Gasteiger partial charge < -0.3 is 15.6 Å². The van der Waals surface area contributed by atoms with Crippen LogP contribution in [0.15, 0.2) is 4.52 Å². The summed E-state index contributed by atoms with van der Waals surface area (Å²) < 4.78 is 5.02. The van der Waals surface area contributed by atoms with Crippen molar-refractivity contribution in [3.05, 3.63) is 17.0 Å². The average molecular weight is 239 g/mol. The van der Waals surface area contributed by atoms with Gasteiger partial charge in [0.1, 0.15) is 5.76 Å². The van der Waals surface area contributed by atoms with Crippen molar-refractivity contribution in [3.63, 3.8) is 0 Å². The maximum absolute atomic E-state index is 11.8. The molecule has 1 heterocycles. The minimum absolute atomic E-state index is 0.155. The molecule has 0 unspecified atom stereocenters. The van der Waals surface area contributed by atoms with Gasteiger partial charge in [-0.3, -0.25) is 4.79 Å². The first-order chi connectivity index (χ1) is 7.73. The molecule has 1 atom stereocenters. The molecule has 0 radical (unpaired) electrons. The largest absolute Gasteiger partial charge is 0.361 e. The van der Waals surface area contributed by atoms with E-state index in [0.29, 0.717) is 6.54 Å². The Bertz CT molecular complexity index is 385. The molecule has 5 heteroatoms. The normalized spacial score (nSPS) is 13.5. The fourth-order valence-electron chi connectivity index (χ4n) is 1.43. The number of carbonyl (C=O) groups excluding carboxylic acids is 1. The first-order valence-electron chi connectivity index (χ1n) is 5.68. The van der Waals surface area contributed by atoms with Crippen LogP contribution in [-0.4, -0.2) is 17.1 Å².